The third-order valence-electron chi connectivity index (χ3n) is 3.20. The third-order valence-corrected chi connectivity index (χ3v) is 3.20. The summed E-state index contributed by atoms with van der Waals surface area (Å²) in [5, 5.41) is 8.49. The molecule has 2 aromatic rings. The molecule has 0 aromatic heterocycles. The summed E-state index contributed by atoms with van der Waals surface area (Å²) >= 11 is 0. The number of methoxy groups -OCH3 is 1. The predicted molar refractivity (Wildman–Crippen MR) is 80.9 cm³/mol. The molecule has 0 aliphatic rings. The Morgan fingerprint density at radius 1 is 1.15 bits per heavy atom. The maximum absolute atomic E-state index is 10.8. The second-order valence-electron chi connectivity index (χ2n) is 4.63. The summed E-state index contributed by atoms with van der Waals surface area (Å²) in [5.41, 5.74) is 1.15. The van der Waals surface area contributed by atoms with Crippen LogP contribution in [0.25, 0.3) is 10.8 Å². The molecule has 2 N–H and O–H groups in total. The lowest BCUT2D eigenvalue weighted by atomic mass is 10.0. The van der Waals surface area contributed by atoms with Crippen molar-refractivity contribution in [2.45, 2.75) is 13.5 Å². The molecule has 0 atom stereocenters. The minimum Gasteiger partial charge on any atom is -0.496 e. The summed E-state index contributed by atoms with van der Waals surface area (Å²) in [4.78, 5) is 10.8. The molecule has 0 aliphatic carbocycles. The van der Waals surface area contributed by atoms with Crippen LogP contribution < -0.4 is 15.4 Å². The fourth-order valence-electron chi connectivity index (χ4n) is 2.23. The first kappa shape index (κ1) is 14.3. The lowest BCUT2D eigenvalue weighted by Crippen LogP contribution is -2.30. The first-order chi connectivity index (χ1) is 9.72. The van der Waals surface area contributed by atoms with Crippen LogP contribution in [0.2, 0.25) is 0 Å². The summed E-state index contributed by atoms with van der Waals surface area (Å²) < 4.78 is 5.44. The van der Waals surface area contributed by atoms with Crippen LogP contribution in [-0.4, -0.2) is 26.1 Å². The molecular formula is C16H20N2O2. The lowest BCUT2D eigenvalue weighted by Gasteiger charge is -2.13. The zero-order valence-corrected chi connectivity index (χ0v) is 11.9. The van der Waals surface area contributed by atoms with Gasteiger partial charge in [0.2, 0.25) is 5.91 Å². The van der Waals surface area contributed by atoms with Crippen molar-refractivity contribution in [3.63, 3.8) is 0 Å². The molecule has 0 aliphatic heterocycles. The highest BCUT2D eigenvalue weighted by molar-refractivity contribution is 5.87. The lowest BCUT2D eigenvalue weighted by molar-refractivity contribution is -0.118. The van der Waals surface area contributed by atoms with Crippen LogP contribution in [0.3, 0.4) is 0 Å². The van der Waals surface area contributed by atoms with Crippen LogP contribution in [0.5, 0.6) is 5.75 Å². The first-order valence-electron chi connectivity index (χ1n) is 6.72. The van der Waals surface area contributed by atoms with E-state index in [4.69, 9.17) is 4.74 Å². The molecule has 0 unspecified atom stereocenters. The van der Waals surface area contributed by atoms with Crippen LogP contribution in [0, 0.1) is 0 Å². The van der Waals surface area contributed by atoms with Gasteiger partial charge in [0, 0.05) is 32.1 Å². The van der Waals surface area contributed by atoms with E-state index in [0.29, 0.717) is 13.1 Å². The second-order valence-corrected chi connectivity index (χ2v) is 4.63. The molecule has 4 heteroatoms. The number of nitrogens with one attached hydrogen (secondary N) is 2. The van der Waals surface area contributed by atoms with Gasteiger partial charge in [-0.05, 0) is 16.8 Å². The number of fused-ring (bicyclic) bond motifs is 1. The number of ether oxygens (including phenoxy) is 1. The van der Waals surface area contributed by atoms with Crippen molar-refractivity contribution < 1.29 is 9.53 Å². The van der Waals surface area contributed by atoms with Gasteiger partial charge in [0.15, 0.2) is 0 Å². The van der Waals surface area contributed by atoms with E-state index in [2.05, 4.69) is 28.8 Å². The Balaban J connectivity index is 2.09. The Labute approximate surface area is 119 Å². The molecule has 0 saturated carbocycles. The highest BCUT2D eigenvalue weighted by Gasteiger charge is 2.07. The number of hydrogen-bond acceptors (Lipinski definition) is 3. The van der Waals surface area contributed by atoms with Crippen molar-refractivity contribution in [3.8, 4) is 5.75 Å². The topological polar surface area (TPSA) is 50.4 Å². The Morgan fingerprint density at radius 3 is 2.70 bits per heavy atom. The zero-order chi connectivity index (χ0) is 14.4. The maximum atomic E-state index is 10.8. The molecule has 2 aromatic carbocycles. The molecule has 0 saturated heterocycles. The summed E-state index contributed by atoms with van der Waals surface area (Å²) in [6.45, 7) is 3.59. The van der Waals surface area contributed by atoms with Crippen LogP contribution >= 0.6 is 0 Å². The van der Waals surface area contributed by atoms with Gasteiger partial charge in [-0.1, -0.05) is 30.3 Å². The maximum Gasteiger partial charge on any atom is 0.216 e. The normalized spacial score (nSPS) is 10.5. The number of carbonyl (C=O) groups is 1. The molecule has 2 rings (SSSR count). The zero-order valence-electron chi connectivity index (χ0n) is 11.9. The largest absolute Gasteiger partial charge is 0.496 e. The van der Waals surface area contributed by atoms with Crippen LogP contribution in [0.4, 0.5) is 0 Å². The van der Waals surface area contributed by atoms with E-state index in [1.165, 1.54) is 17.7 Å². The summed E-state index contributed by atoms with van der Waals surface area (Å²) in [5.74, 6) is 0.880. The first-order valence-corrected chi connectivity index (χ1v) is 6.72. The summed E-state index contributed by atoms with van der Waals surface area (Å²) in [7, 11) is 1.69. The Bertz CT molecular complexity index is 596. The minimum absolute atomic E-state index is 0.00505. The van der Waals surface area contributed by atoms with Gasteiger partial charge in [-0.3, -0.25) is 4.79 Å². The standard InChI is InChI=1S/C16H20N2O2/c1-12(19)18-10-9-17-11-15-14-6-4-3-5-13(14)7-8-16(15)20-2/h3-8,17H,9-11H2,1-2H3,(H,18,19). The molecule has 0 bridgehead atoms. The van der Waals surface area contributed by atoms with Crippen molar-refractivity contribution in [1.29, 1.82) is 0 Å². The van der Waals surface area contributed by atoms with Crippen molar-refractivity contribution in [3.05, 3.63) is 42.0 Å². The molecule has 0 heterocycles. The predicted octanol–water partition coefficient (Wildman–Crippen LogP) is 2.07. The SMILES string of the molecule is COc1ccc2ccccc2c1CNCCNC(C)=O. The molecule has 20 heavy (non-hydrogen) atoms. The Morgan fingerprint density at radius 2 is 1.95 bits per heavy atom. The Kier molecular flexibility index (Phi) is 4.96. The monoisotopic (exact) mass is 272 g/mol. The van der Waals surface area contributed by atoms with Crippen LogP contribution in [0.15, 0.2) is 36.4 Å². The molecule has 106 valence electrons. The summed E-state index contributed by atoms with van der Waals surface area (Å²) in [6.07, 6.45) is 0. The van der Waals surface area contributed by atoms with Gasteiger partial charge in [-0.15, -0.1) is 0 Å². The minimum atomic E-state index is -0.00505. The number of benzene rings is 2. The number of rotatable bonds is 6. The average molecular weight is 272 g/mol. The van der Waals surface area contributed by atoms with E-state index in [9.17, 15) is 4.79 Å². The number of carbonyl (C=O) groups excluding carboxylic acids is 1. The van der Waals surface area contributed by atoms with Gasteiger partial charge in [0.05, 0.1) is 7.11 Å². The van der Waals surface area contributed by atoms with Gasteiger partial charge in [0.1, 0.15) is 5.75 Å². The molecular weight excluding hydrogens is 252 g/mol. The van der Waals surface area contributed by atoms with E-state index in [1.54, 1.807) is 7.11 Å². The molecule has 0 radical (unpaired) electrons. The average Bonchev–Trinajstić information content (AvgIpc) is 2.46. The van der Waals surface area contributed by atoms with Crippen molar-refractivity contribution in [2.24, 2.45) is 0 Å². The van der Waals surface area contributed by atoms with E-state index in [-0.39, 0.29) is 5.91 Å². The second kappa shape index (κ2) is 6.91. The fourth-order valence-corrected chi connectivity index (χ4v) is 2.23. The quantitative estimate of drug-likeness (QED) is 0.792. The number of amides is 1. The number of hydrogen-bond donors (Lipinski definition) is 2. The smallest absolute Gasteiger partial charge is 0.216 e. The molecule has 1 amide bonds. The molecule has 0 spiro atoms. The highest BCUT2D eigenvalue weighted by Crippen LogP contribution is 2.27. The summed E-state index contributed by atoms with van der Waals surface area (Å²) in [6, 6.07) is 12.3. The fraction of sp³-hybridized carbons (Fsp3) is 0.312. The van der Waals surface area contributed by atoms with Crippen molar-refractivity contribution >= 4 is 16.7 Å². The van der Waals surface area contributed by atoms with Crippen molar-refractivity contribution in [1.82, 2.24) is 10.6 Å². The molecule has 4 nitrogen and oxygen atoms in total. The van der Waals surface area contributed by atoms with E-state index in [0.717, 1.165) is 17.9 Å². The Hall–Kier alpha value is -2.07. The third kappa shape index (κ3) is 3.48. The molecule has 0 fully saturated rings. The van der Waals surface area contributed by atoms with E-state index < -0.39 is 0 Å². The van der Waals surface area contributed by atoms with Gasteiger partial charge in [-0.2, -0.15) is 0 Å². The van der Waals surface area contributed by atoms with Crippen LogP contribution in [0.1, 0.15) is 12.5 Å². The van der Waals surface area contributed by atoms with Crippen LogP contribution in [-0.2, 0) is 11.3 Å². The van der Waals surface area contributed by atoms with Gasteiger partial charge >= 0.3 is 0 Å². The van der Waals surface area contributed by atoms with Gasteiger partial charge in [0.25, 0.3) is 0 Å². The van der Waals surface area contributed by atoms with Gasteiger partial charge < -0.3 is 15.4 Å². The van der Waals surface area contributed by atoms with Gasteiger partial charge in [-0.25, -0.2) is 0 Å². The van der Waals surface area contributed by atoms with E-state index >= 15 is 0 Å². The highest BCUT2D eigenvalue weighted by atomic mass is 16.5. The van der Waals surface area contributed by atoms with E-state index in [1.807, 2.05) is 18.2 Å². The van der Waals surface area contributed by atoms with Crippen molar-refractivity contribution in [2.75, 3.05) is 20.2 Å².